The van der Waals surface area contributed by atoms with Crippen molar-refractivity contribution in [3.05, 3.63) is 70.6 Å². The third kappa shape index (κ3) is 3.46. The van der Waals surface area contributed by atoms with Crippen LogP contribution < -0.4 is 15.8 Å². The van der Waals surface area contributed by atoms with Crippen LogP contribution >= 0.6 is 15.9 Å². The second kappa shape index (κ2) is 6.84. The number of benzene rings is 2. The van der Waals surface area contributed by atoms with Gasteiger partial charge in [-0.3, -0.25) is 15.0 Å². The molecule has 0 unspecified atom stereocenters. The average Bonchev–Trinajstić information content (AvgIpc) is 2.58. The van der Waals surface area contributed by atoms with E-state index in [1.807, 2.05) is 0 Å². The number of amides is 2. The molecule has 0 fully saturated rings. The fourth-order valence-corrected chi connectivity index (χ4v) is 2.47. The summed E-state index contributed by atoms with van der Waals surface area (Å²) in [4.78, 5) is 24.4. The molecule has 1 heterocycles. The van der Waals surface area contributed by atoms with Crippen molar-refractivity contribution in [3.8, 4) is 0 Å². The van der Waals surface area contributed by atoms with Gasteiger partial charge in [-0.1, -0.05) is 28.1 Å². The van der Waals surface area contributed by atoms with Gasteiger partial charge in [-0.25, -0.2) is 9.40 Å². The van der Waals surface area contributed by atoms with Crippen molar-refractivity contribution in [2.24, 2.45) is 0 Å². The van der Waals surface area contributed by atoms with Crippen LogP contribution in [0, 0.1) is 5.82 Å². The number of hydrogen-bond donors (Lipinski definition) is 2. The van der Waals surface area contributed by atoms with Crippen LogP contribution in [0.1, 0.15) is 6.42 Å². The van der Waals surface area contributed by atoms with Gasteiger partial charge in [-0.15, -0.1) is 0 Å². The van der Waals surface area contributed by atoms with E-state index in [0.717, 1.165) is 4.47 Å². The van der Waals surface area contributed by atoms with E-state index in [9.17, 15) is 14.0 Å². The third-order valence-corrected chi connectivity index (χ3v) is 3.94. The van der Waals surface area contributed by atoms with Crippen molar-refractivity contribution in [1.82, 2.24) is 5.43 Å². The first kappa shape index (κ1) is 16.2. The normalized spacial score (nSPS) is 14.0. The van der Waals surface area contributed by atoms with Gasteiger partial charge in [-0.2, -0.15) is 0 Å². The largest absolute Gasteiger partial charge is 0.318 e. The predicted octanol–water partition coefficient (Wildman–Crippen LogP) is 3.35. The fraction of sp³-hybridized carbons (Fsp3) is 0.0588. The molecule has 0 saturated carbocycles. The van der Waals surface area contributed by atoms with Crippen LogP contribution in [-0.2, 0) is 9.59 Å². The third-order valence-electron chi connectivity index (χ3n) is 3.41. The summed E-state index contributed by atoms with van der Waals surface area (Å²) < 4.78 is 14.5. The van der Waals surface area contributed by atoms with Crippen LogP contribution in [0.2, 0.25) is 0 Å². The van der Waals surface area contributed by atoms with Crippen LogP contribution in [0.25, 0.3) is 0 Å². The summed E-state index contributed by atoms with van der Waals surface area (Å²) in [5.74, 6) is -1.24. The molecule has 3 rings (SSSR count). The molecule has 0 bridgehead atoms. The maximum atomic E-state index is 13.6. The SMILES string of the molecule is O=C(Nc1ccccc1F)C1=CCC(=O)N(c2ccc(Br)cc2)N1. The van der Waals surface area contributed by atoms with Gasteiger partial charge in [0.25, 0.3) is 5.91 Å². The van der Waals surface area contributed by atoms with Crippen molar-refractivity contribution < 1.29 is 14.0 Å². The lowest BCUT2D eigenvalue weighted by Crippen LogP contribution is -2.47. The number of halogens is 2. The summed E-state index contributed by atoms with van der Waals surface area (Å²) in [5, 5.41) is 3.78. The van der Waals surface area contributed by atoms with Gasteiger partial charge in [0.15, 0.2) is 0 Å². The average molecular weight is 390 g/mol. The van der Waals surface area contributed by atoms with Crippen LogP contribution in [0.3, 0.4) is 0 Å². The van der Waals surface area contributed by atoms with Crippen molar-refractivity contribution in [1.29, 1.82) is 0 Å². The van der Waals surface area contributed by atoms with Crippen molar-refractivity contribution in [2.75, 3.05) is 10.3 Å². The molecule has 24 heavy (non-hydrogen) atoms. The Hall–Kier alpha value is -2.67. The maximum absolute atomic E-state index is 13.6. The van der Waals surface area contributed by atoms with Crippen LogP contribution in [0.15, 0.2) is 64.8 Å². The van der Waals surface area contributed by atoms with Crippen molar-refractivity contribution >= 4 is 39.1 Å². The Morgan fingerprint density at radius 2 is 1.88 bits per heavy atom. The van der Waals surface area contributed by atoms with Gasteiger partial charge in [0, 0.05) is 10.9 Å². The van der Waals surface area contributed by atoms with E-state index in [2.05, 4.69) is 26.7 Å². The molecule has 0 radical (unpaired) electrons. The highest BCUT2D eigenvalue weighted by molar-refractivity contribution is 9.10. The Balaban J connectivity index is 1.77. The highest BCUT2D eigenvalue weighted by Crippen LogP contribution is 2.21. The molecule has 2 amide bonds. The molecule has 0 aromatic heterocycles. The van der Waals surface area contributed by atoms with Gasteiger partial charge >= 0.3 is 0 Å². The zero-order valence-electron chi connectivity index (χ0n) is 12.4. The Kier molecular flexibility index (Phi) is 4.61. The van der Waals surface area contributed by atoms with Gasteiger partial charge in [-0.05, 0) is 42.5 Å². The summed E-state index contributed by atoms with van der Waals surface area (Å²) >= 11 is 3.33. The molecule has 0 aliphatic carbocycles. The van der Waals surface area contributed by atoms with E-state index in [1.165, 1.54) is 29.3 Å². The van der Waals surface area contributed by atoms with Gasteiger partial charge in [0.1, 0.15) is 11.5 Å². The molecule has 5 nitrogen and oxygen atoms in total. The molecule has 2 N–H and O–H groups in total. The minimum Gasteiger partial charge on any atom is -0.318 e. The number of nitrogens with zero attached hydrogens (tertiary/aromatic N) is 1. The number of carbonyl (C=O) groups is 2. The quantitative estimate of drug-likeness (QED) is 0.845. The lowest BCUT2D eigenvalue weighted by molar-refractivity contribution is -0.119. The number of hydrogen-bond acceptors (Lipinski definition) is 3. The highest BCUT2D eigenvalue weighted by Gasteiger charge is 2.24. The van der Waals surface area contributed by atoms with E-state index in [0.29, 0.717) is 5.69 Å². The number of para-hydroxylation sites is 1. The standard InChI is InChI=1S/C17H13BrFN3O2/c18-11-5-7-12(8-6-11)22-16(23)10-9-15(21-22)17(24)20-14-4-2-1-3-13(14)19/h1-9,21H,10H2,(H,20,24). The number of carbonyl (C=O) groups excluding carboxylic acids is 2. The summed E-state index contributed by atoms with van der Waals surface area (Å²) in [7, 11) is 0. The maximum Gasteiger partial charge on any atom is 0.273 e. The number of nitrogens with one attached hydrogen (secondary N) is 2. The van der Waals surface area contributed by atoms with E-state index in [-0.39, 0.29) is 23.7 Å². The lowest BCUT2D eigenvalue weighted by Gasteiger charge is -2.28. The summed E-state index contributed by atoms with van der Waals surface area (Å²) in [6, 6.07) is 13.0. The first-order chi connectivity index (χ1) is 11.5. The second-order valence-corrected chi connectivity index (χ2v) is 5.99. The highest BCUT2D eigenvalue weighted by atomic mass is 79.9. The molecule has 2 aromatic rings. The molecule has 1 aliphatic heterocycles. The molecule has 2 aromatic carbocycles. The fourth-order valence-electron chi connectivity index (χ4n) is 2.20. The zero-order valence-corrected chi connectivity index (χ0v) is 14.0. The summed E-state index contributed by atoms with van der Waals surface area (Å²) in [6.07, 6.45) is 1.55. The summed E-state index contributed by atoms with van der Waals surface area (Å²) in [5.41, 5.74) is 3.64. The number of hydrazine groups is 1. The Bertz CT molecular complexity index is 821. The van der Waals surface area contributed by atoms with E-state index < -0.39 is 11.7 Å². The second-order valence-electron chi connectivity index (χ2n) is 5.07. The number of anilines is 2. The minimum atomic E-state index is -0.525. The van der Waals surface area contributed by atoms with E-state index >= 15 is 0 Å². The van der Waals surface area contributed by atoms with Gasteiger partial charge < -0.3 is 5.32 Å². The van der Waals surface area contributed by atoms with Gasteiger partial charge in [0.2, 0.25) is 5.91 Å². The molecular weight excluding hydrogens is 377 g/mol. The monoisotopic (exact) mass is 389 g/mol. The lowest BCUT2D eigenvalue weighted by atomic mass is 10.2. The molecule has 122 valence electrons. The van der Waals surface area contributed by atoms with Crippen LogP contribution in [0.5, 0.6) is 0 Å². The molecule has 7 heteroatoms. The first-order valence-electron chi connectivity index (χ1n) is 7.16. The zero-order chi connectivity index (χ0) is 17.1. The predicted molar refractivity (Wildman–Crippen MR) is 92.5 cm³/mol. The molecule has 1 aliphatic rings. The molecule has 0 spiro atoms. The Morgan fingerprint density at radius 3 is 2.58 bits per heavy atom. The summed E-state index contributed by atoms with van der Waals surface area (Å²) in [6.45, 7) is 0. The minimum absolute atomic E-state index is 0.0725. The van der Waals surface area contributed by atoms with Crippen molar-refractivity contribution in [2.45, 2.75) is 6.42 Å². The number of rotatable bonds is 3. The first-order valence-corrected chi connectivity index (χ1v) is 7.95. The topological polar surface area (TPSA) is 61.4 Å². The molecule has 0 saturated heterocycles. The molecule has 0 atom stereocenters. The van der Waals surface area contributed by atoms with Crippen LogP contribution in [0.4, 0.5) is 15.8 Å². The van der Waals surface area contributed by atoms with Crippen molar-refractivity contribution in [3.63, 3.8) is 0 Å². The Morgan fingerprint density at radius 1 is 1.17 bits per heavy atom. The Labute approximate surface area is 146 Å². The van der Waals surface area contributed by atoms with Crippen LogP contribution in [-0.4, -0.2) is 11.8 Å². The van der Waals surface area contributed by atoms with E-state index in [4.69, 9.17) is 0 Å². The molecular formula is C17H13BrFN3O2. The van der Waals surface area contributed by atoms with Gasteiger partial charge in [0.05, 0.1) is 11.4 Å². The van der Waals surface area contributed by atoms with E-state index in [1.54, 1.807) is 30.3 Å². The smallest absolute Gasteiger partial charge is 0.273 e.